The van der Waals surface area contributed by atoms with Crippen LogP contribution >= 0.6 is 0 Å². The molecule has 0 heterocycles. The molecule has 154 valence electrons. The van der Waals surface area contributed by atoms with E-state index >= 15 is 0 Å². The van der Waals surface area contributed by atoms with Gasteiger partial charge in [-0.2, -0.15) is 0 Å². The second-order valence-electron chi connectivity index (χ2n) is 9.08. The Kier molecular flexibility index (Phi) is 6.78. The summed E-state index contributed by atoms with van der Waals surface area (Å²) in [4.78, 5) is 0. The molecule has 1 nitrogen and oxygen atoms in total. The van der Waals surface area contributed by atoms with Crippen molar-refractivity contribution in [2.75, 3.05) is 0 Å². The summed E-state index contributed by atoms with van der Waals surface area (Å²) in [6.45, 7) is 10.8. The minimum atomic E-state index is -0.0237. The van der Waals surface area contributed by atoms with E-state index in [1.165, 1.54) is 36.0 Å². The summed E-state index contributed by atoms with van der Waals surface area (Å²) in [6, 6.07) is 33.8. The van der Waals surface area contributed by atoms with Gasteiger partial charge in [-0.05, 0) is 47.8 Å². The van der Waals surface area contributed by atoms with Crippen molar-refractivity contribution >= 4 is 0 Å². The fourth-order valence-electron chi connectivity index (χ4n) is 5.66. The van der Waals surface area contributed by atoms with Crippen molar-refractivity contribution in [1.29, 1.82) is 5.26 Å². The summed E-state index contributed by atoms with van der Waals surface area (Å²) in [5.41, 5.74) is 4.41. The summed E-state index contributed by atoms with van der Waals surface area (Å²) in [5.74, 6) is 1.43. The minimum Gasteiger partial charge on any atom is -0.202 e. The first-order chi connectivity index (χ1) is 14.6. The summed E-state index contributed by atoms with van der Waals surface area (Å²) in [7, 11) is 0. The maximum atomic E-state index is 6.50. The van der Waals surface area contributed by atoms with Crippen molar-refractivity contribution in [1.82, 2.24) is 0 Å². The van der Waals surface area contributed by atoms with E-state index in [0.29, 0.717) is 5.92 Å². The Hall–Kier alpha value is -2.85. The van der Waals surface area contributed by atoms with Gasteiger partial charge in [-0.15, -0.1) is 0 Å². The first kappa shape index (κ1) is 21.8. The number of benzene rings is 3. The van der Waals surface area contributed by atoms with E-state index in [2.05, 4.69) is 118 Å². The molecule has 0 aromatic heterocycles. The molecule has 0 saturated heterocycles. The SMILES string of the molecule is C#N.CC(C)C1CCC(C)(c2ccccc2)C(c2ccccc2)(c2ccccc2)C1. The molecule has 1 saturated carbocycles. The molecule has 1 aliphatic carbocycles. The van der Waals surface area contributed by atoms with Crippen molar-refractivity contribution < 1.29 is 0 Å². The van der Waals surface area contributed by atoms with Crippen LogP contribution in [0.5, 0.6) is 0 Å². The Morgan fingerprint density at radius 1 is 0.733 bits per heavy atom. The molecule has 0 N–H and O–H groups in total. The van der Waals surface area contributed by atoms with Gasteiger partial charge in [0.1, 0.15) is 0 Å². The third-order valence-electron chi connectivity index (χ3n) is 7.41. The van der Waals surface area contributed by atoms with Crippen LogP contribution in [0.3, 0.4) is 0 Å². The monoisotopic (exact) mass is 395 g/mol. The lowest BCUT2D eigenvalue weighted by molar-refractivity contribution is 0.117. The summed E-state index contributed by atoms with van der Waals surface area (Å²) >= 11 is 0. The zero-order chi connectivity index (χ0) is 21.6. The predicted octanol–water partition coefficient (Wildman–Crippen LogP) is 7.53. The topological polar surface area (TPSA) is 23.8 Å². The van der Waals surface area contributed by atoms with Crippen LogP contribution in [0, 0.1) is 23.7 Å². The predicted molar refractivity (Wildman–Crippen MR) is 126 cm³/mol. The van der Waals surface area contributed by atoms with Gasteiger partial charge in [-0.25, -0.2) is 5.26 Å². The molecule has 3 aromatic rings. The molecule has 0 spiro atoms. The van der Waals surface area contributed by atoms with E-state index in [-0.39, 0.29) is 10.8 Å². The maximum absolute atomic E-state index is 6.50. The second kappa shape index (κ2) is 9.31. The minimum absolute atomic E-state index is 0.0237. The standard InChI is InChI=1S/C28H32.CHN/c1-22(2)23-19-20-27(3,24-13-7-4-8-14-24)28(21-23,25-15-9-5-10-16-25)26-17-11-6-12-18-26;1-2/h4-18,22-23H,19-21H2,1-3H3;1H. The van der Waals surface area contributed by atoms with E-state index < -0.39 is 0 Å². The summed E-state index contributed by atoms with van der Waals surface area (Å²) in [5, 5.41) is 6.50. The zero-order valence-corrected chi connectivity index (χ0v) is 18.5. The number of nitrogens with zero attached hydrogens (tertiary/aromatic N) is 1. The molecule has 0 aliphatic heterocycles. The van der Waals surface area contributed by atoms with Crippen LogP contribution in [0.4, 0.5) is 0 Å². The summed E-state index contributed by atoms with van der Waals surface area (Å²) in [6.07, 6.45) is 3.71. The van der Waals surface area contributed by atoms with Crippen molar-refractivity contribution in [3.05, 3.63) is 108 Å². The van der Waals surface area contributed by atoms with Gasteiger partial charge in [0.05, 0.1) is 0 Å². The zero-order valence-electron chi connectivity index (χ0n) is 18.5. The van der Waals surface area contributed by atoms with Gasteiger partial charge in [0.2, 0.25) is 0 Å². The smallest absolute Gasteiger partial charge is 0.0462 e. The molecule has 2 atom stereocenters. The molecule has 3 aromatic carbocycles. The fraction of sp³-hybridized carbons (Fsp3) is 0.345. The Bertz CT molecular complexity index is 888. The van der Waals surface area contributed by atoms with Gasteiger partial charge in [-0.1, -0.05) is 112 Å². The first-order valence-electron chi connectivity index (χ1n) is 11.0. The fourth-order valence-corrected chi connectivity index (χ4v) is 5.66. The Morgan fingerprint density at radius 2 is 1.13 bits per heavy atom. The highest BCUT2D eigenvalue weighted by atomic mass is 14.6. The Morgan fingerprint density at radius 3 is 1.53 bits per heavy atom. The second-order valence-corrected chi connectivity index (χ2v) is 9.08. The van der Waals surface area contributed by atoms with Crippen LogP contribution in [-0.4, -0.2) is 0 Å². The lowest BCUT2D eigenvalue weighted by Gasteiger charge is -2.56. The van der Waals surface area contributed by atoms with Gasteiger partial charge in [-0.3, -0.25) is 0 Å². The van der Waals surface area contributed by atoms with Crippen molar-refractivity contribution in [3.63, 3.8) is 0 Å². The molecule has 2 unspecified atom stereocenters. The molecule has 30 heavy (non-hydrogen) atoms. The lowest BCUT2D eigenvalue weighted by atomic mass is 9.47. The van der Waals surface area contributed by atoms with Crippen LogP contribution in [0.15, 0.2) is 91.0 Å². The molecule has 0 radical (unpaired) electrons. The van der Waals surface area contributed by atoms with Crippen molar-refractivity contribution in [2.45, 2.75) is 50.9 Å². The van der Waals surface area contributed by atoms with Gasteiger partial charge >= 0.3 is 0 Å². The Labute approximate surface area is 182 Å². The van der Waals surface area contributed by atoms with Crippen LogP contribution < -0.4 is 0 Å². The molecular formula is C29H33N. The average molecular weight is 396 g/mol. The third kappa shape index (κ3) is 3.68. The maximum Gasteiger partial charge on any atom is 0.0462 e. The molecule has 0 bridgehead atoms. The van der Waals surface area contributed by atoms with E-state index in [1.807, 2.05) is 0 Å². The average Bonchev–Trinajstić information content (AvgIpc) is 2.82. The van der Waals surface area contributed by atoms with Crippen molar-refractivity contribution in [3.8, 4) is 6.57 Å². The molecule has 4 rings (SSSR count). The summed E-state index contributed by atoms with van der Waals surface area (Å²) < 4.78 is 0. The van der Waals surface area contributed by atoms with Crippen LogP contribution in [0.1, 0.15) is 56.7 Å². The number of nitriles is 1. The van der Waals surface area contributed by atoms with Gasteiger partial charge in [0.25, 0.3) is 0 Å². The number of hydrogen-bond donors (Lipinski definition) is 0. The van der Waals surface area contributed by atoms with Crippen LogP contribution in [-0.2, 0) is 10.8 Å². The van der Waals surface area contributed by atoms with E-state index in [4.69, 9.17) is 5.26 Å². The highest BCUT2D eigenvalue weighted by molar-refractivity contribution is 5.49. The number of hydrogen-bond acceptors (Lipinski definition) is 1. The molecular weight excluding hydrogens is 362 g/mol. The van der Waals surface area contributed by atoms with Crippen LogP contribution in [0.2, 0.25) is 0 Å². The van der Waals surface area contributed by atoms with E-state index in [1.54, 1.807) is 0 Å². The highest BCUT2D eigenvalue weighted by Gasteiger charge is 2.54. The Balaban J connectivity index is 0.00000124. The largest absolute Gasteiger partial charge is 0.202 e. The van der Waals surface area contributed by atoms with Crippen molar-refractivity contribution in [2.24, 2.45) is 11.8 Å². The van der Waals surface area contributed by atoms with Gasteiger partial charge in [0.15, 0.2) is 0 Å². The van der Waals surface area contributed by atoms with E-state index in [9.17, 15) is 0 Å². The van der Waals surface area contributed by atoms with E-state index in [0.717, 1.165) is 5.92 Å². The van der Waals surface area contributed by atoms with Crippen LogP contribution in [0.25, 0.3) is 0 Å². The molecule has 1 fully saturated rings. The van der Waals surface area contributed by atoms with Gasteiger partial charge in [0, 0.05) is 17.4 Å². The molecule has 1 heteroatoms. The first-order valence-corrected chi connectivity index (χ1v) is 11.0. The third-order valence-corrected chi connectivity index (χ3v) is 7.41. The number of rotatable bonds is 4. The quantitative estimate of drug-likeness (QED) is 0.448. The highest BCUT2D eigenvalue weighted by Crippen LogP contribution is 2.59. The molecule has 1 aliphatic rings. The normalized spacial score (nSPS) is 22.7. The molecule has 0 amide bonds. The van der Waals surface area contributed by atoms with Gasteiger partial charge < -0.3 is 0 Å². The lowest BCUT2D eigenvalue weighted by Crippen LogP contribution is -2.53.